The van der Waals surface area contributed by atoms with Crippen LogP contribution in [0.3, 0.4) is 0 Å². The Labute approximate surface area is 86.3 Å². The molecule has 1 fully saturated rings. The third-order valence-corrected chi connectivity index (χ3v) is 1.65. The lowest BCUT2D eigenvalue weighted by Crippen LogP contribution is -2.27. The molecule has 15 heavy (non-hydrogen) atoms. The lowest BCUT2D eigenvalue weighted by molar-refractivity contribution is -0.135. The van der Waals surface area contributed by atoms with Crippen molar-refractivity contribution in [2.45, 2.75) is 13.3 Å². The molecule has 3 N–H and O–H groups in total. The smallest absolute Gasteiger partial charge is 0.316 e. The standard InChI is InChI=1S/C8H12N4O3/c1-2-9-5(13)3-4-10-8-11-6(14)7(15)12-8/h2-4H2,1H3,(H,9,13)(H2,10,11,12,14,15). The van der Waals surface area contributed by atoms with Gasteiger partial charge in [-0.3, -0.25) is 30.0 Å². The predicted molar refractivity (Wildman–Crippen MR) is 51.9 cm³/mol. The summed E-state index contributed by atoms with van der Waals surface area (Å²) >= 11 is 0. The average molecular weight is 212 g/mol. The fraction of sp³-hybridized carbons (Fsp3) is 0.500. The van der Waals surface area contributed by atoms with Gasteiger partial charge in [0, 0.05) is 13.0 Å². The molecule has 0 radical (unpaired) electrons. The van der Waals surface area contributed by atoms with Gasteiger partial charge in [0.05, 0.1) is 6.54 Å². The van der Waals surface area contributed by atoms with Crippen LogP contribution in [0.5, 0.6) is 0 Å². The van der Waals surface area contributed by atoms with Gasteiger partial charge >= 0.3 is 11.8 Å². The molecule has 0 saturated carbocycles. The maximum absolute atomic E-state index is 11.0. The summed E-state index contributed by atoms with van der Waals surface area (Å²) < 4.78 is 0. The van der Waals surface area contributed by atoms with Crippen LogP contribution in [0, 0.1) is 0 Å². The van der Waals surface area contributed by atoms with Crippen LogP contribution in [0.15, 0.2) is 4.99 Å². The number of guanidine groups is 1. The minimum Gasteiger partial charge on any atom is -0.356 e. The Morgan fingerprint density at radius 1 is 1.33 bits per heavy atom. The monoisotopic (exact) mass is 212 g/mol. The zero-order valence-corrected chi connectivity index (χ0v) is 8.29. The molecule has 0 unspecified atom stereocenters. The van der Waals surface area contributed by atoms with Crippen molar-refractivity contribution in [3.05, 3.63) is 0 Å². The molecule has 82 valence electrons. The number of nitrogens with one attached hydrogen (secondary N) is 3. The second kappa shape index (κ2) is 5.08. The van der Waals surface area contributed by atoms with Gasteiger partial charge < -0.3 is 5.32 Å². The summed E-state index contributed by atoms with van der Waals surface area (Å²) in [6, 6.07) is 0. The average Bonchev–Trinajstić information content (AvgIpc) is 2.46. The van der Waals surface area contributed by atoms with E-state index in [0.717, 1.165) is 0 Å². The van der Waals surface area contributed by atoms with E-state index in [9.17, 15) is 14.4 Å². The largest absolute Gasteiger partial charge is 0.356 e. The highest BCUT2D eigenvalue weighted by atomic mass is 16.2. The van der Waals surface area contributed by atoms with Crippen LogP contribution >= 0.6 is 0 Å². The summed E-state index contributed by atoms with van der Waals surface area (Å²) in [7, 11) is 0. The topological polar surface area (TPSA) is 99.7 Å². The second-order valence-corrected chi connectivity index (χ2v) is 2.84. The van der Waals surface area contributed by atoms with E-state index in [-0.39, 0.29) is 24.8 Å². The fourth-order valence-electron chi connectivity index (χ4n) is 0.994. The number of carbonyl (C=O) groups excluding carboxylic acids is 3. The van der Waals surface area contributed by atoms with Gasteiger partial charge in [0.1, 0.15) is 0 Å². The van der Waals surface area contributed by atoms with Gasteiger partial charge in [-0.15, -0.1) is 0 Å². The van der Waals surface area contributed by atoms with Gasteiger partial charge in [0.15, 0.2) is 0 Å². The molecule has 0 atom stereocenters. The third kappa shape index (κ3) is 3.37. The van der Waals surface area contributed by atoms with Crippen LogP contribution in [0.25, 0.3) is 0 Å². The first-order valence-electron chi connectivity index (χ1n) is 4.57. The van der Waals surface area contributed by atoms with Gasteiger partial charge in [-0.2, -0.15) is 0 Å². The van der Waals surface area contributed by atoms with Crippen molar-refractivity contribution >= 4 is 23.7 Å². The van der Waals surface area contributed by atoms with Crippen molar-refractivity contribution in [1.29, 1.82) is 0 Å². The Morgan fingerprint density at radius 2 is 1.93 bits per heavy atom. The van der Waals surface area contributed by atoms with Gasteiger partial charge in [-0.05, 0) is 6.92 Å². The van der Waals surface area contributed by atoms with Gasteiger partial charge in [-0.25, -0.2) is 0 Å². The highest BCUT2D eigenvalue weighted by molar-refractivity contribution is 6.45. The molecule has 1 saturated heterocycles. The van der Waals surface area contributed by atoms with Crippen LogP contribution in [0.4, 0.5) is 0 Å². The van der Waals surface area contributed by atoms with E-state index in [0.29, 0.717) is 6.54 Å². The van der Waals surface area contributed by atoms with Crippen LogP contribution in [-0.4, -0.2) is 36.8 Å². The van der Waals surface area contributed by atoms with Crippen molar-refractivity contribution in [3.63, 3.8) is 0 Å². The molecule has 1 aliphatic rings. The summed E-state index contributed by atoms with van der Waals surface area (Å²) in [5.41, 5.74) is 0. The second-order valence-electron chi connectivity index (χ2n) is 2.84. The summed E-state index contributed by atoms with van der Waals surface area (Å²) in [6.45, 7) is 2.62. The van der Waals surface area contributed by atoms with E-state index in [1.54, 1.807) is 0 Å². The number of carbonyl (C=O) groups is 3. The summed E-state index contributed by atoms with van der Waals surface area (Å²) in [5, 5.41) is 7.06. The Morgan fingerprint density at radius 3 is 2.47 bits per heavy atom. The normalized spacial score (nSPS) is 14.6. The first-order valence-corrected chi connectivity index (χ1v) is 4.57. The molecule has 1 rings (SSSR count). The van der Waals surface area contributed by atoms with Gasteiger partial charge in [0.2, 0.25) is 11.9 Å². The predicted octanol–water partition coefficient (Wildman–Crippen LogP) is -1.89. The number of aliphatic imine (C=N–C) groups is 1. The first kappa shape index (κ1) is 11.2. The van der Waals surface area contributed by atoms with Crippen LogP contribution in [-0.2, 0) is 14.4 Å². The van der Waals surface area contributed by atoms with Crippen molar-refractivity contribution in [3.8, 4) is 0 Å². The van der Waals surface area contributed by atoms with Gasteiger partial charge in [0.25, 0.3) is 0 Å². The van der Waals surface area contributed by atoms with E-state index < -0.39 is 11.8 Å². The van der Waals surface area contributed by atoms with E-state index in [4.69, 9.17) is 0 Å². The SMILES string of the molecule is CCNC(=O)CCN=C1NC(=O)C(=O)N1. The Kier molecular flexibility index (Phi) is 3.78. The molecule has 0 aromatic rings. The van der Waals surface area contributed by atoms with E-state index >= 15 is 0 Å². The lowest BCUT2D eigenvalue weighted by Gasteiger charge is -1.99. The Hall–Kier alpha value is -1.92. The summed E-state index contributed by atoms with van der Waals surface area (Å²) in [6.07, 6.45) is 0.225. The number of nitrogens with zero attached hydrogens (tertiary/aromatic N) is 1. The minimum absolute atomic E-state index is 0.106. The van der Waals surface area contributed by atoms with Crippen molar-refractivity contribution in [1.82, 2.24) is 16.0 Å². The molecule has 0 bridgehead atoms. The van der Waals surface area contributed by atoms with Crippen molar-refractivity contribution < 1.29 is 14.4 Å². The molecule has 0 aromatic carbocycles. The Balaban J connectivity index is 2.30. The molecule has 0 aromatic heterocycles. The zero-order valence-electron chi connectivity index (χ0n) is 8.29. The molecular formula is C8H12N4O3. The van der Waals surface area contributed by atoms with Crippen LogP contribution in [0.2, 0.25) is 0 Å². The highest BCUT2D eigenvalue weighted by Crippen LogP contribution is 1.86. The lowest BCUT2D eigenvalue weighted by atomic mass is 10.4. The molecule has 0 aliphatic carbocycles. The molecule has 0 spiro atoms. The van der Waals surface area contributed by atoms with E-state index in [1.807, 2.05) is 6.92 Å². The number of hydrogen-bond donors (Lipinski definition) is 3. The highest BCUT2D eigenvalue weighted by Gasteiger charge is 2.24. The first-order chi connectivity index (χ1) is 7.13. The number of amides is 3. The summed E-state index contributed by atoms with van der Waals surface area (Å²) in [4.78, 5) is 36.2. The van der Waals surface area contributed by atoms with Crippen LogP contribution in [0.1, 0.15) is 13.3 Å². The number of hydrogen-bond acceptors (Lipinski definition) is 4. The molecule has 1 heterocycles. The summed E-state index contributed by atoms with van der Waals surface area (Å²) in [5.74, 6) is -1.47. The quantitative estimate of drug-likeness (QED) is 0.475. The van der Waals surface area contributed by atoms with Crippen molar-refractivity contribution in [2.24, 2.45) is 4.99 Å². The molecular weight excluding hydrogens is 200 g/mol. The third-order valence-electron chi connectivity index (χ3n) is 1.65. The maximum Gasteiger partial charge on any atom is 0.316 e. The fourth-order valence-corrected chi connectivity index (χ4v) is 0.994. The van der Waals surface area contributed by atoms with Crippen molar-refractivity contribution in [2.75, 3.05) is 13.1 Å². The zero-order chi connectivity index (χ0) is 11.3. The molecule has 3 amide bonds. The van der Waals surface area contributed by atoms with E-state index in [1.165, 1.54) is 0 Å². The van der Waals surface area contributed by atoms with Crippen LogP contribution < -0.4 is 16.0 Å². The van der Waals surface area contributed by atoms with Gasteiger partial charge in [-0.1, -0.05) is 0 Å². The minimum atomic E-state index is -0.730. The maximum atomic E-state index is 11.0. The van der Waals surface area contributed by atoms with E-state index in [2.05, 4.69) is 20.9 Å². The molecule has 7 heteroatoms. The molecule has 7 nitrogen and oxygen atoms in total. The molecule has 1 aliphatic heterocycles. The Bertz CT molecular complexity index is 306. The number of rotatable bonds is 4.